The minimum absolute atomic E-state index is 0.286. The van der Waals surface area contributed by atoms with E-state index in [4.69, 9.17) is 13.6 Å². The van der Waals surface area contributed by atoms with Crippen molar-refractivity contribution < 1.29 is 18.1 Å². The van der Waals surface area contributed by atoms with Gasteiger partial charge in [-0.15, -0.1) is 0 Å². The Morgan fingerprint density at radius 2 is 1.28 bits per heavy atom. The maximum Gasteiger partial charge on any atom is 0.530 e. The molecule has 0 N–H and O–H groups in total. The van der Waals surface area contributed by atoms with E-state index in [-0.39, 0.29) is 13.2 Å². The number of hydrogen-bond acceptors (Lipinski definition) is 4. The van der Waals surface area contributed by atoms with Gasteiger partial charge in [0.1, 0.15) is 5.75 Å². The fourth-order valence-electron chi connectivity index (χ4n) is 2.72. The fraction of sp³-hybridized carbons (Fsp3) is 0.700. The van der Waals surface area contributed by atoms with Crippen molar-refractivity contribution in [2.75, 3.05) is 13.2 Å². The van der Waals surface area contributed by atoms with Crippen LogP contribution in [0.5, 0.6) is 5.75 Å². The third kappa shape index (κ3) is 10.0. The first-order valence-electron chi connectivity index (χ1n) is 9.81. The number of unbranched alkanes of at least 4 members (excludes halogenated alkanes) is 7. The molecule has 4 nitrogen and oxygen atoms in total. The number of rotatable bonds is 15. The summed E-state index contributed by atoms with van der Waals surface area (Å²) in [6, 6.07) is 7.73. The maximum atomic E-state index is 12.3. The molecule has 0 heterocycles. The van der Waals surface area contributed by atoms with Crippen LogP contribution in [0.2, 0.25) is 0 Å². The van der Waals surface area contributed by atoms with Gasteiger partial charge in [-0.25, -0.2) is 4.57 Å². The van der Waals surface area contributed by atoms with Gasteiger partial charge < -0.3 is 4.52 Å². The largest absolute Gasteiger partial charge is 0.530 e. The van der Waals surface area contributed by atoms with Crippen LogP contribution < -0.4 is 4.52 Å². The number of benzene rings is 1. The van der Waals surface area contributed by atoms with E-state index in [1.54, 1.807) is 13.8 Å². The Morgan fingerprint density at radius 3 is 1.80 bits per heavy atom. The third-order valence-electron chi connectivity index (χ3n) is 4.03. The molecule has 0 spiro atoms. The normalized spacial score (nSPS) is 11.6. The van der Waals surface area contributed by atoms with Crippen LogP contribution in [0, 0.1) is 0 Å². The van der Waals surface area contributed by atoms with Gasteiger partial charge in [-0.2, -0.15) is 0 Å². The Hall–Kier alpha value is -0.830. The van der Waals surface area contributed by atoms with Gasteiger partial charge in [0.15, 0.2) is 0 Å². The molecule has 0 amide bonds. The summed E-state index contributed by atoms with van der Waals surface area (Å²) < 4.78 is 28.1. The van der Waals surface area contributed by atoms with Crippen molar-refractivity contribution in [3.8, 4) is 5.75 Å². The molecule has 0 aromatic heterocycles. The highest BCUT2D eigenvalue weighted by molar-refractivity contribution is 7.48. The van der Waals surface area contributed by atoms with Gasteiger partial charge in [0.05, 0.1) is 13.2 Å². The summed E-state index contributed by atoms with van der Waals surface area (Å²) >= 11 is 0. The summed E-state index contributed by atoms with van der Waals surface area (Å²) in [6.07, 6.45) is 11.7. The van der Waals surface area contributed by atoms with E-state index in [2.05, 4.69) is 6.92 Å². The van der Waals surface area contributed by atoms with Gasteiger partial charge in [0.2, 0.25) is 0 Å². The molecule has 0 saturated heterocycles. The van der Waals surface area contributed by atoms with Crippen molar-refractivity contribution in [3.63, 3.8) is 0 Å². The smallest absolute Gasteiger partial charge is 0.404 e. The lowest BCUT2D eigenvalue weighted by Crippen LogP contribution is -2.02. The van der Waals surface area contributed by atoms with Crippen LogP contribution in [0.1, 0.15) is 77.7 Å². The lowest BCUT2D eigenvalue weighted by molar-refractivity contribution is 0.167. The average molecular weight is 370 g/mol. The summed E-state index contributed by atoms with van der Waals surface area (Å²) in [5.74, 6) is 0.518. The highest BCUT2D eigenvalue weighted by Crippen LogP contribution is 2.49. The first-order chi connectivity index (χ1) is 12.1. The standard InChI is InChI=1S/C20H35O4P/c1-4-7-8-9-10-11-12-13-14-19-15-17-20(18-16-19)24-25(21,22-5-2)23-6-3/h15-18H,4-14H2,1-3H3. The van der Waals surface area contributed by atoms with Crippen LogP contribution in [-0.4, -0.2) is 13.2 Å². The van der Waals surface area contributed by atoms with Crippen molar-refractivity contribution in [1.82, 2.24) is 0 Å². The second-order valence-corrected chi connectivity index (χ2v) is 7.84. The van der Waals surface area contributed by atoms with Crippen LogP contribution in [0.25, 0.3) is 0 Å². The maximum absolute atomic E-state index is 12.3. The van der Waals surface area contributed by atoms with E-state index in [1.165, 1.54) is 56.9 Å². The van der Waals surface area contributed by atoms with Gasteiger partial charge in [0, 0.05) is 0 Å². The molecule has 144 valence electrons. The quantitative estimate of drug-likeness (QED) is 0.248. The molecule has 0 aliphatic rings. The molecule has 0 saturated carbocycles. The number of phosphoric acid groups is 1. The second-order valence-electron chi connectivity index (χ2n) is 6.24. The second kappa shape index (κ2) is 13.4. The molecule has 0 aliphatic carbocycles. The summed E-state index contributed by atoms with van der Waals surface area (Å²) in [6.45, 7) is 6.36. The predicted octanol–water partition coefficient (Wildman–Crippen LogP) is 6.93. The third-order valence-corrected chi connectivity index (χ3v) is 5.62. The van der Waals surface area contributed by atoms with Gasteiger partial charge in [0.25, 0.3) is 0 Å². The van der Waals surface area contributed by atoms with Crippen LogP contribution in [0.3, 0.4) is 0 Å². The SMILES string of the molecule is CCCCCCCCCCc1ccc(OP(=O)(OCC)OCC)cc1. The Morgan fingerprint density at radius 1 is 0.760 bits per heavy atom. The summed E-state index contributed by atoms with van der Waals surface area (Å²) in [7, 11) is -3.50. The summed E-state index contributed by atoms with van der Waals surface area (Å²) in [5, 5.41) is 0. The molecule has 0 unspecified atom stereocenters. The number of hydrogen-bond donors (Lipinski definition) is 0. The minimum Gasteiger partial charge on any atom is -0.404 e. The zero-order chi connectivity index (χ0) is 18.4. The van der Waals surface area contributed by atoms with Crippen molar-refractivity contribution >= 4 is 7.82 Å². The lowest BCUT2D eigenvalue weighted by Gasteiger charge is -2.17. The number of aryl methyl sites for hydroxylation is 1. The molecule has 0 atom stereocenters. The first kappa shape index (κ1) is 22.2. The van der Waals surface area contributed by atoms with Gasteiger partial charge in [-0.1, -0.05) is 64.0 Å². The summed E-state index contributed by atoms with van der Waals surface area (Å²) in [4.78, 5) is 0. The molecule has 25 heavy (non-hydrogen) atoms. The summed E-state index contributed by atoms with van der Waals surface area (Å²) in [5.41, 5.74) is 1.28. The van der Waals surface area contributed by atoms with E-state index in [0.29, 0.717) is 5.75 Å². The Kier molecular flexibility index (Phi) is 11.9. The van der Waals surface area contributed by atoms with E-state index < -0.39 is 7.82 Å². The van der Waals surface area contributed by atoms with E-state index in [1.807, 2.05) is 24.3 Å². The fourth-order valence-corrected chi connectivity index (χ4v) is 3.91. The van der Waals surface area contributed by atoms with Crippen LogP contribution in [-0.2, 0) is 20.0 Å². The van der Waals surface area contributed by atoms with Crippen molar-refractivity contribution in [2.24, 2.45) is 0 Å². The van der Waals surface area contributed by atoms with Crippen LogP contribution >= 0.6 is 7.82 Å². The molecular weight excluding hydrogens is 335 g/mol. The average Bonchev–Trinajstić information content (AvgIpc) is 2.59. The van der Waals surface area contributed by atoms with E-state index >= 15 is 0 Å². The van der Waals surface area contributed by atoms with Crippen LogP contribution in [0.15, 0.2) is 24.3 Å². The van der Waals surface area contributed by atoms with Crippen LogP contribution in [0.4, 0.5) is 0 Å². The Bertz CT molecular complexity index is 477. The number of phosphoric ester groups is 1. The molecule has 0 bridgehead atoms. The zero-order valence-corrected chi connectivity index (χ0v) is 17.1. The van der Waals surface area contributed by atoms with E-state index in [0.717, 1.165) is 6.42 Å². The highest BCUT2D eigenvalue weighted by Gasteiger charge is 2.27. The monoisotopic (exact) mass is 370 g/mol. The first-order valence-corrected chi connectivity index (χ1v) is 11.3. The molecular formula is C20H35O4P. The van der Waals surface area contributed by atoms with Gasteiger partial charge in [-0.05, 0) is 44.4 Å². The molecule has 5 heteroatoms. The Labute approximate surface area is 153 Å². The molecule has 1 rings (SSSR count). The van der Waals surface area contributed by atoms with Gasteiger partial charge >= 0.3 is 7.82 Å². The van der Waals surface area contributed by atoms with Gasteiger partial charge in [-0.3, -0.25) is 9.05 Å². The van der Waals surface area contributed by atoms with E-state index in [9.17, 15) is 4.57 Å². The predicted molar refractivity (Wildman–Crippen MR) is 104 cm³/mol. The molecule has 0 aliphatic heterocycles. The Balaban J connectivity index is 2.30. The minimum atomic E-state index is -3.50. The van der Waals surface area contributed by atoms with Crippen molar-refractivity contribution in [3.05, 3.63) is 29.8 Å². The van der Waals surface area contributed by atoms with Crippen molar-refractivity contribution in [1.29, 1.82) is 0 Å². The molecule has 0 fully saturated rings. The van der Waals surface area contributed by atoms with Crippen molar-refractivity contribution in [2.45, 2.75) is 78.6 Å². The zero-order valence-electron chi connectivity index (χ0n) is 16.2. The highest BCUT2D eigenvalue weighted by atomic mass is 31.2. The molecule has 1 aromatic rings. The molecule has 0 radical (unpaired) electrons. The topological polar surface area (TPSA) is 44.8 Å². The molecule has 1 aromatic carbocycles. The lowest BCUT2D eigenvalue weighted by atomic mass is 10.0.